The SMILES string of the molecule is O=C(Oc1ccc(C(=O)c2ccccc2)cc1)c1ccc(OCCOc2ccccc2)cc1. The van der Waals surface area contributed by atoms with Gasteiger partial charge in [0.2, 0.25) is 0 Å². The molecule has 0 unspecified atom stereocenters. The molecule has 5 heteroatoms. The van der Waals surface area contributed by atoms with Crippen LogP contribution in [-0.2, 0) is 0 Å². The average molecular weight is 438 g/mol. The summed E-state index contributed by atoms with van der Waals surface area (Å²) < 4.78 is 16.6. The van der Waals surface area contributed by atoms with Crippen molar-refractivity contribution < 1.29 is 23.8 Å². The quantitative estimate of drug-likeness (QED) is 0.147. The zero-order chi connectivity index (χ0) is 22.9. The smallest absolute Gasteiger partial charge is 0.343 e. The summed E-state index contributed by atoms with van der Waals surface area (Å²) in [4.78, 5) is 24.9. The van der Waals surface area contributed by atoms with E-state index >= 15 is 0 Å². The minimum absolute atomic E-state index is 0.0850. The Labute approximate surface area is 192 Å². The number of esters is 1. The average Bonchev–Trinajstić information content (AvgIpc) is 2.88. The molecule has 0 aromatic heterocycles. The van der Waals surface area contributed by atoms with Gasteiger partial charge in [-0.1, -0.05) is 48.5 Å². The maximum atomic E-state index is 12.5. The summed E-state index contributed by atoms with van der Waals surface area (Å²) in [5, 5.41) is 0. The zero-order valence-corrected chi connectivity index (χ0v) is 17.8. The van der Waals surface area contributed by atoms with Crippen molar-refractivity contribution in [3.05, 3.63) is 126 Å². The Balaban J connectivity index is 1.27. The molecule has 0 atom stereocenters. The summed E-state index contributed by atoms with van der Waals surface area (Å²) in [7, 11) is 0. The molecule has 0 heterocycles. The van der Waals surface area contributed by atoms with Crippen LogP contribution in [0.1, 0.15) is 26.3 Å². The van der Waals surface area contributed by atoms with Crippen molar-refractivity contribution in [2.75, 3.05) is 13.2 Å². The third-order valence-electron chi connectivity index (χ3n) is 4.82. The maximum absolute atomic E-state index is 12.5. The number of para-hydroxylation sites is 1. The van der Waals surface area contributed by atoms with E-state index in [9.17, 15) is 9.59 Å². The second-order valence-corrected chi connectivity index (χ2v) is 7.14. The molecule has 0 aliphatic rings. The topological polar surface area (TPSA) is 61.8 Å². The van der Waals surface area contributed by atoms with Crippen LogP contribution in [0.3, 0.4) is 0 Å². The molecule has 0 aliphatic heterocycles. The highest BCUT2D eigenvalue weighted by molar-refractivity contribution is 6.09. The first-order valence-corrected chi connectivity index (χ1v) is 10.5. The number of carbonyl (C=O) groups is 2. The van der Waals surface area contributed by atoms with Gasteiger partial charge in [-0.05, 0) is 60.7 Å². The number of ether oxygens (including phenoxy) is 3. The van der Waals surface area contributed by atoms with Crippen LogP contribution in [-0.4, -0.2) is 25.0 Å². The molecule has 0 N–H and O–H groups in total. The zero-order valence-electron chi connectivity index (χ0n) is 17.8. The Morgan fingerprint density at radius 3 is 1.55 bits per heavy atom. The largest absolute Gasteiger partial charge is 0.490 e. The van der Waals surface area contributed by atoms with Crippen molar-refractivity contribution in [1.82, 2.24) is 0 Å². The van der Waals surface area contributed by atoms with Crippen LogP contribution in [0.5, 0.6) is 17.2 Å². The van der Waals surface area contributed by atoms with Gasteiger partial charge < -0.3 is 14.2 Å². The number of carbonyl (C=O) groups excluding carboxylic acids is 2. The van der Waals surface area contributed by atoms with Crippen molar-refractivity contribution in [1.29, 1.82) is 0 Å². The molecule has 0 saturated heterocycles. The molecule has 0 spiro atoms. The first kappa shape index (κ1) is 21.8. The van der Waals surface area contributed by atoms with E-state index in [4.69, 9.17) is 14.2 Å². The van der Waals surface area contributed by atoms with Gasteiger partial charge in [0.1, 0.15) is 30.5 Å². The molecular formula is C28H22O5. The second-order valence-electron chi connectivity index (χ2n) is 7.14. The van der Waals surface area contributed by atoms with Gasteiger partial charge in [-0.15, -0.1) is 0 Å². The summed E-state index contributed by atoms with van der Waals surface area (Å²) >= 11 is 0. The molecule has 0 radical (unpaired) electrons. The Kier molecular flexibility index (Phi) is 7.13. The van der Waals surface area contributed by atoms with E-state index in [0.717, 1.165) is 5.75 Å². The number of benzene rings is 4. The lowest BCUT2D eigenvalue weighted by atomic mass is 10.0. The Morgan fingerprint density at radius 2 is 0.939 bits per heavy atom. The molecule has 4 aromatic carbocycles. The molecule has 0 aliphatic carbocycles. The first-order chi connectivity index (χ1) is 16.2. The highest BCUT2D eigenvalue weighted by Gasteiger charge is 2.11. The molecule has 164 valence electrons. The first-order valence-electron chi connectivity index (χ1n) is 10.5. The summed E-state index contributed by atoms with van der Waals surface area (Å²) in [6.07, 6.45) is 0. The highest BCUT2D eigenvalue weighted by atomic mass is 16.5. The molecule has 0 amide bonds. The van der Waals surface area contributed by atoms with Gasteiger partial charge in [0.05, 0.1) is 5.56 Å². The molecule has 0 fully saturated rings. The fraction of sp³-hybridized carbons (Fsp3) is 0.0714. The van der Waals surface area contributed by atoms with E-state index in [2.05, 4.69) is 0 Å². The van der Waals surface area contributed by atoms with Gasteiger partial charge in [-0.3, -0.25) is 4.79 Å². The third-order valence-corrected chi connectivity index (χ3v) is 4.82. The van der Waals surface area contributed by atoms with Crippen molar-refractivity contribution in [3.63, 3.8) is 0 Å². The summed E-state index contributed by atoms with van der Waals surface area (Å²) in [5.41, 5.74) is 1.53. The van der Waals surface area contributed by atoms with Crippen LogP contribution < -0.4 is 14.2 Å². The molecule has 4 aromatic rings. The van der Waals surface area contributed by atoms with Crippen molar-refractivity contribution in [2.24, 2.45) is 0 Å². The van der Waals surface area contributed by atoms with E-state index < -0.39 is 5.97 Å². The lowest BCUT2D eigenvalue weighted by Gasteiger charge is -2.09. The van der Waals surface area contributed by atoms with E-state index in [1.807, 2.05) is 48.5 Å². The van der Waals surface area contributed by atoms with Crippen LogP contribution in [0.4, 0.5) is 0 Å². The molecule has 33 heavy (non-hydrogen) atoms. The summed E-state index contributed by atoms with van der Waals surface area (Å²) in [5.74, 6) is 1.21. The van der Waals surface area contributed by atoms with Crippen molar-refractivity contribution in [3.8, 4) is 17.2 Å². The van der Waals surface area contributed by atoms with Crippen LogP contribution in [0, 0.1) is 0 Å². The standard InChI is InChI=1S/C28H22O5/c29-27(21-7-3-1-4-8-21)22-11-17-26(18-12-22)33-28(30)23-13-15-25(16-14-23)32-20-19-31-24-9-5-2-6-10-24/h1-18H,19-20H2. The number of ketones is 1. The molecular weight excluding hydrogens is 416 g/mol. The van der Waals surface area contributed by atoms with E-state index in [1.54, 1.807) is 60.7 Å². The molecule has 0 bridgehead atoms. The van der Waals surface area contributed by atoms with Gasteiger partial charge in [-0.2, -0.15) is 0 Å². The van der Waals surface area contributed by atoms with E-state index in [0.29, 0.717) is 41.4 Å². The van der Waals surface area contributed by atoms with Gasteiger partial charge in [0, 0.05) is 11.1 Å². The third kappa shape index (κ3) is 6.08. The van der Waals surface area contributed by atoms with Crippen LogP contribution in [0.15, 0.2) is 109 Å². The fourth-order valence-corrected chi connectivity index (χ4v) is 3.12. The molecule has 4 rings (SSSR count). The van der Waals surface area contributed by atoms with Crippen LogP contribution >= 0.6 is 0 Å². The van der Waals surface area contributed by atoms with Gasteiger partial charge >= 0.3 is 5.97 Å². The normalized spacial score (nSPS) is 10.3. The van der Waals surface area contributed by atoms with Crippen molar-refractivity contribution >= 4 is 11.8 Å². The lowest BCUT2D eigenvalue weighted by Crippen LogP contribution is -2.10. The van der Waals surface area contributed by atoms with E-state index in [-0.39, 0.29) is 5.78 Å². The number of rotatable bonds is 9. The van der Waals surface area contributed by atoms with Gasteiger partial charge in [0.15, 0.2) is 5.78 Å². The Morgan fingerprint density at radius 1 is 0.485 bits per heavy atom. The number of hydrogen-bond donors (Lipinski definition) is 0. The minimum atomic E-state index is -0.490. The van der Waals surface area contributed by atoms with Crippen molar-refractivity contribution in [2.45, 2.75) is 0 Å². The summed E-state index contributed by atoms with van der Waals surface area (Å²) in [6.45, 7) is 0.795. The Hall–Kier alpha value is -4.38. The maximum Gasteiger partial charge on any atom is 0.343 e. The monoisotopic (exact) mass is 438 g/mol. The predicted octanol–water partition coefficient (Wildman–Crippen LogP) is 5.59. The highest BCUT2D eigenvalue weighted by Crippen LogP contribution is 2.18. The van der Waals surface area contributed by atoms with Crippen LogP contribution in [0.25, 0.3) is 0 Å². The fourth-order valence-electron chi connectivity index (χ4n) is 3.12. The van der Waals surface area contributed by atoms with Gasteiger partial charge in [0.25, 0.3) is 0 Å². The van der Waals surface area contributed by atoms with E-state index in [1.165, 1.54) is 0 Å². The minimum Gasteiger partial charge on any atom is -0.490 e. The molecule has 0 saturated carbocycles. The summed E-state index contributed by atoms with van der Waals surface area (Å²) in [6, 6.07) is 31.7. The lowest BCUT2D eigenvalue weighted by molar-refractivity contribution is 0.0734. The van der Waals surface area contributed by atoms with Crippen LogP contribution in [0.2, 0.25) is 0 Å². The second kappa shape index (κ2) is 10.8. The predicted molar refractivity (Wildman–Crippen MR) is 125 cm³/mol. The van der Waals surface area contributed by atoms with Gasteiger partial charge in [-0.25, -0.2) is 4.79 Å². The number of hydrogen-bond acceptors (Lipinski definition) is 5. The Bertz CT molecular complexity index is 1180. The molecule has 5 nitrogen and oxygen atoms in total.